The van der Waals surface area contributed by atoms with Gasteiger partial charge in [0.05, 0.1) is 6.67 Å². The zero-order chi connectivity index (χ0) is 13.1. The van der Waals surface area contributed by atoms with Gasteiger partial charge in [-0.15, -0.1) is 0 Å². The highest BCUT2D eigenvalue weighted by Crippen LogP contribution is 2.14. The van der Waals surface area contributed by atoms with Crippen molar-refractivity contribution in [1.82, 2.24) is 0 Å². The van der Waals surface area contributed by atoms with Gasteiger partial charge in [-0.25, -0.2) is 0 Å². The van der Waals surface area contributed by atoms with Crippen LogP contribution in [-0.4, -0.2) is 30.7 Å². The van der Waals surface area contributed by atoms with Gasteiger partial charge in [0.15, 0.2) is 11.0 Å². The normalized spacial score (nSPS) is 13.4. The van der Waals surface area contributed by atoms with Gasteiger partial charge in [0.25, 0.3) is 10.1 Å². The fourth-order valence-electron chi connectivity index (χ4n) is 1.42. The van der Waals surface area contributed by atoms with Gasteiger partial charge in [0, 0.05) is 12.0 Å². The highest BCUT2D eigenvalue weighted by Gasteiger charge is 2.31. The average Bonchev–Trinajstić information content (AvgIpc) is 2.24. The van der Waals surface area contributed by atoms with Crippen LogP contribution in [0.3, 0.4) is 0 Å². The monoisotopic (exact) mass is 260 g/mol. The summed E-state index contributed by atoms with van der Waals surface area (Å²) in [5.41, 5.74) is 1.06. The number of hydrogen-bond acceptors (Lipinski definition) is 3. The first-order valence-corrected chi connectivity index (χ1v) is 6.49. The molecule has 0 aliphatic rings. The number of aryl methyl sites for hydroxylation is 1. The van der Waals surface area contributed by atoms with Crippen LogP contribution in [0.1, 0.15) is 22.3 Å². The van der Waals surface area contributed by atoms with E-state index in [1.54, 1.807) is 12.1 Å². The van der Waals surface area contributed by atoms with Crippen molar-refractivity contribution >= 4 is 15.9 Å². The molecule has 0 bridgehead atoms. The molecule has 0 radical (unpaired) electrons. The van der Waals surface area contributed by atoms with Crippen LogP contribution in [0.4, 0.5) is 4.39 Å². The minimum Gasteiger partial charge on any atom is -0.293 e. The smallest absolute Gasteiger partial charge is 0.275 e. The molecule has 0 saturated heterocycles. The predicted molar refractivity (Wildman–Crippen MR) is 61.4 cm³/mol. The van der Waals surface area contributed by atoms with E-state index < -0.39 is 34.2 Å². The Labute approximate surface area is 99.2 Å². The van der Waals surface area contributed by atoms with Crippen LogP contribution < -0.4 is 0 Å². The second-order valence-corrected chi connectivity index (χ2v) is 5.31. The van der Waals surface area contributed by atoms with E-state index in [0.29, 0.717) is 0 Å². The zero-order valence-corrected chi connectivity index (χ0v) is 10.1. The van der Waals surface area contributed by atoms with Crippen LogP contribution >= 0.6 is 0 Å². The van der Waals surface area contributed by atoms with Crippen molar-refractivity contribution in [2.24, 2.45) is 0 Å². The van der Waals surface area contributed by atoms with Crippen molar-refractivity contribution in [3.63, 3.8) is 0 Å². The molecule has 0 amide bonds. The molecule has 0 heterocycles. The van der Waals surface area contributed by atoms with Crippen molar-refractivity contribution in [2.75, 3.05) is 6.67 Å². The molecule has 0 aliphatic heterocycles. The Kier molecular flexibility index (Phi) is 4.36. The van der Waals surface area contributed by atoms with Crippen molar-refractivity contribution in [3.05, 3.63) is 35.4 Å². The second kappa shape index (κ2) is 5.37. The molecule has 0 saturated carbocycles. The lowest BCUT2D eigenvalue weighted by Crippen LogP contribution is -2.30. The summed E-state index contributed by atoms with van der Waals surface area (Å²) >= 11 is 0. The molecule has 1 aromatic carbocycles. The molecule has 6 heteroatoms. The molecule has 0 aromatic heterocycles. The summed E-state index contributed by atoms with van der Waals surface area (Å²) in [6.07, 6.45) is -0.536. The van der Waals surface area contributed by atoms with Gasteiger partial charge in [0.1, 0.15) is 0 Å². The third-order valence-electron chi connectivity index (χ3n) is 2.36. The lowest BCUT2D eigenvalue weighted by molar-refractivity contribution is 0.0978. The van der Waals surface area contributed by atoms with E-state index in [0.717, 1.165) is 5.56 Å². The SMILES string of the molecule is Cc1ccc(C(=O)C(CCF)S(=O)(=O)O)cc1. The van der Waals surface area contributed by atoms with Crippen LogP contribution in [0.5, 0.6) is 0 Å². The van der Waals surface area contributed by atoms with Gasteiger partial charge in [0.2, 0.25) is 0 Å². The standard InChI is InChI=1S/C11H13FO4S/c1-8-2-4-9(5-3-8)11(13)10(6-7-12)17(14,15)16/h2-5,10H,6-7H2,1H3,(H,14,15,16). The lowest BCUT2D eigenvalue weighted by atomic mass is 10.1. The number of alkyl halides is 1. The summed E-state index contributed by atoms with van der Waals surface area (Å²) in [6.45, 7) is 0.831. The Bertz CT molecular complexity index is 493. The van der Waals surface area contributed by atoms with Gasteiger partial charge in [-0.1, -0.05) is 29.8 Å². The Morgan fingerprint density at radius 2 is 1.88 bits per heavy atom. The van der Waals surface area contributed by atoms with E-state index in [9.17, 15) is 17.6 Å². The minimum absolute atomic E-state index is 0.145. The van der Waals surface area contributed by atoms with Crippen molar-refractivity contribution in [2.45, 2.75) is 18.6 Å². The maximum atomic E-state index is 12.2. The Morgan fingerprint density at radius 3 is 2.29 bits per heavy atom. The lowest BCUT2D eigenvalue weighted by Gasteiger charge is -2.11. The van der Waals surface area contributed by atoms with Crippen molar-refractivity contribution in [3.8, 4) is 0 Å². The van der Waals surface area contributed by atoms with E-state index in [-0.39, 0.29) is 5.56 Å². The highest BCUT2D eigenvalue weighted by atomic mass is 32.2. The Balaban J connectivity index is 3.04. The number of carbonyl (C=O) groups is 1. The summed E-state index contributed by atoms with van der Waals surface area (Å²) in [7, 11) is -4.57. The summed E-state index contributed by atoms with van der Waals surface area (Å²) in [5, 5.41) is -1.73. The summed E-state index contributed by atoms with van der Waals surface area (Å²) in [5.74, 6) is -0.787. The first kappa shape index (κ1) is 13.8. The Hall–Kier alpha value is -1.27. The fourth-order valence-corrected chi connectivity index (χ4v) is 2.21. The van der Waals surface area contributed by atoms with Crippen LogP contribution in [0.2, 0.25) is 0 Å². The molecule has 4 nitrogen and oxygen atoms in total. The van der Waals surface area contributed by atoms with E-state index in [2.05, 4.69) is 0 Å². The van der Waals surface area contributed by atoms with E-state index >= 15 is 0 Å². The van der Waals surface area contributed by atoms with E-state index in [1.807, 2.05) is 6.92 Å². The summed E-state index contributed by atoms with van der Waals surface area (Å²) < 4.78 is 43.0. The van der Waals surface area contributed by atoms with Crippen LogP contribution in [-0.2, 0) is 10.1 Å². The van der Waals surface area contributed by atoms with Crippen LogP contribution in [0, 0.1) is 6.92 Å². The van der Waals surface area contributed by atoms with Crippen LogP contribution in [0.25, 0.3) is 0 Å². The predicted octanol–water partition coefficient (Wildman–Crippen LogP) is 1.79. The molecule has 1 aromatic rings. The Morgan fingerprint density at radius 1 is 1.35 bits per heavy atom. The molecule has 0 aliphatic carbocycles. The number of hydrogen-bond donors (Lipinski definition) is 1. The summed E-state index contributed by atoms with van der Waals surface area (Å²) in [4.78, 5) is 11.8. The van der Waals surface area contributed by atoms with Gasteiger partial charge < -0.3 is 0 Å². The topological polar surface area (TPSA) is 71.4 Å². The fraction of sp³-hybridized carbons (Fsp3) is 0.364. The van der Waals surface area contributed by atoms with E-state index in [1.165, 1.54) is 12.1 Å². The molecular formula is C11H13FO4S. The first-order valence-electron chi connectivity index (χ1n) is 4.99. The van der Waals surface area contributed by atoms with Gasteiger partial charge in [-0.05, 0) is 6.92 Å². The third-order valence-corrected chi connectivity index (χ3v) is 3.53. The number of benzene rings is 1. The number of halogens is 1. The van der Waals surface area contributed by atoms with Gasteiger partial charge in [-0.3, -0.25) is 13.7 Å². The van der Waals surface area contributed by atoms with Crippen LogP contribution in [0.15, 0.2) is 24.3 Å². The largest absolute Gasteiger partial charge is 0.293 e. The molecule has 94 valence electrons. The van der Waals surface area contributed by atoms with Crippen molar-refractivity contribution in [1.29, 1.82) is 0 Å². The molecule has 17 heavy (non-hydrogen) atoms. The first-order chi connectivity index (χ1) is 7.86. The molecular weight excluding hydrogens is 247 g/mol. The number of carbonyl (C=O) groups excluding carboxylic acids is 1. The second-order valence-electron chi connectivity index (χ2n) is 3.71. The maximum absolute atomic E-state index is 12.2. The van der Waals surface area contributed by atoms with Gasteiger partial charge in [-0.2, -0.15) is 8.42 Å². The number of Topliss-reactive ketones (excluding diaryl/α,β-unsaturated/α-hetero) is 1. The van der Waals surface area contributed by atoms with E-state index in [4.69, 9.17) is 4.55 Å². The molecule has 1 atom stereocenters. The molecule has 0 fully saturated rings. The molecule has 1 unspecified atom stereocenters. The van der Waals surface area contributed by atoms with Gasteiger partial charge >= 0.3 is 0 Å². The number of rotatable bonds is 5. The molecule has 1 N–H and O–H groups in total. The average molecular weight is 260 g/mol. The minimum atomic E-state index is -4.57. The van der Waals surface area contributed by atoms with Crippen molar-refractivity contribution < 1.29 is 22.2 Å². The quantitative estimate of drug-likeness (QED) is 0.647. The maximum Gasteiger partial charge on any atom is 0.275 e. The zero-order valence-electron chi connectivity index (χ0n) is 9.26. The molecule has 0 spiro atoms. The summed E-state index contributed by atoms with van der Waals surface area (Å²) in [6, 6.07) is 6.19. The highest BCUT2D eigenvalue weighted by molar-refractivity contribution is 7.87. The third kappa shape index (κ3) is 3.61. The molecule has 1 rings (SSSR count). The number of ketones is 1.